The number of carbonyl (C=O) groups excluding carboxylic acids is 2. The van der Waals surface area contributed by atoms with E-state index in [-0.39, 0.29) is 18.3 Å². The zero-order chi connectivity index (χ0) is 15.7. The van der Waals surface area contributed by atoms with Crippen LogP contribution in [0.5, 0.6) is 0 Å². The Morgan fingerprint density at radius 1 is 1.43 bits per heavy atom. The van der Waals surface area contributed by atoms with Gasteiger partial charge in [0.15, 0.2) is 0 Å². The number of ether oxygens (including phenoxy) is 1. The van der Waals surface area contributed by atoms with E-state index in [0.717, 1.165) is 5.56 Å². The molecule has 1 aromatic carbocycles. The topological polar surface area (TPSA) is 70.4 Å². The van der Waals surface area contributed by atoms with Gasteiger partial charge in [0, 0.05) is 19.7 Å². The molecular formula is C16H18N2O3. The quantitative estimate of drug-likeness (QED) is 0.592. The summed E-state index contributed by atoms with van der Waals surface area (Å²) in [5, 5.41) is 8.80. The molecule has 0 aliphatic carbocycles. The van der Waals surface area contributed by atoms with E-state index < -0.39 is 0 Å². The van der Waals surface area contributed by atoms with Crippen LogP contribution in [-0.2, 0) is 14.3 Å². The molecule has 0 radical (unpaired) electrons. The average molecular weight is 286 g/mol. The number of hydrogen-bond donors (Lipinski definition) is 0. The number of hydrogen-bond acceptors (Lipinski definition) is 4. The molecule has 0 heterocycles. The second-order valence-electron chi connectivity index (χ2n) is 4.39. The molecule has 0 bridgehead atoms. The monoisotopic (exact) mass is 286 g/mol. The highest BCUT2D eigenvalue weighted by Gasteiger charge is 2.08. The van der Waals surface area contributed by atoms with Crippen LogP contribution in [0.25, 0.3) is 6.08 Å². The summed E-state index contributed by atoms with van der Waals surface area (Å²) in [5.41, 5.74) is 1.32. The maximum Gasteiger partial charge on any atom is 0.307 e. The van der Waals surface area contributed by atoms with Crippen molar-refractivity contribution in [2.45, 2.75) is 13.3 Å². The molecule has 0 fully saturated rings. The van der Waals surface area contributed by atoms with Gasteiger partial charge in [-0.3, -0.25) is 9.59 Å². The van der Waals surface area contributed by atoms with Gasteiger partial charge < -0.3 is 9.64 Å². The Labute approximate surface area is 124 Å². The Hall–Kier alpha value is -2.61. The zero-order valence-corrected chi connectivity index (χ0v) is 12.2. The largest absolute Gasteiger partial charge is 0.466 e. The first kappa shape index (κ1) is 16.4. The predicted molar refractivity (Wildman–Crippen MR) is 79.1 cm³/mol. The Bertz CT molecular complexity index is 573. The van der Waals surface area contributed by atoms with Gasteiger partial charge in [0.25, 0.3) is 0 Å². The number of esters is 1. The molecule has 0 saturated carbocycles. The molecule has 1 amide bonds. The number of rotatable bonds is 6. The lowest BCUT2D eigenvalue weighted by Gasteiger charge is -2.14. The Kier molecular flexibility index (Phi) is 6.69. The summed E-state index contributed by atoms with van der Waals surface area (Å²) in [7, 11) is 1.62. The molecule has 110 valence electrons. The second kappa shape index (κ2) is 8.54. The van der Waals surface area contributed by atoms with Crippen molar-refractivity contribution in [2.75, 3.05) is 20.2 Å². The fraction of sp³-hybridized carbons (Fsp3) is 0.312. The first-order valence-electron chi connectivity index (χ1n) is 6.65. The van der Waals surface area contributed by atoms with Crippen LogP contribution in [0.4, 0.5) is 0 Å². The summed E-state index contributed by atoms with van der Waals surface area (Å²) in [6, 6.07) is 9.00. The lowest BCUT2D eigenvalue weighted by Crippen LogP contribution is -2.27. The van der Waals surface area contributed by atoms with Crippen LogP contribution in [0, 0.1) is 11.3 Å². The van der Waals surface area contributed by atoms with Gasteiger partial charge in [0.1, 0.15) is 0 Å². The first-order chi connectivity index (χ1) is 10.1. The Morgan fingerprint density at radius 3 is 2.86 bits per heavy atom. The van der Waals surface area contributed by atoms with Crippen molar-refractivity contribution < 1.29 is 14.3 Å². The van der Waals surface area contributed by atoms with Crippen molar-refractivity contribution in [3.8, 4) is 6.07 Å². The van der Waals surface area contributed by atoms with Crippen molar-refractivity contribution in [1.82, 2.24) is 4.90 Å². The van der Waals surface area contributed by atoms with Gasteiger partial charge in [0.05, 0.1) is 24.7 Å². The number of amides is 1. The van der Waals surface area contributed by atoms with E-state index in [2.05, 4.69) is 0 Å². The molecule has 0 aliphatic rings. The minimum atomic E-state index is -0.317. The van der Waals surface area contributed by atoms with Crippen molar-refractivity contribution in [3.05, 3.63) is 41.5 Å². The third-order valence-electron chi connectivity index (χ3n) is 2.77. The summed E-state index contributed by atoms with van der Waals surface area (Å²) in [5.74, 6) is -0.524. The maximum atomic E-state index is 11.9. The van der Waals surface area contributed by atoms with Crippen LogP contribution < -0.4 is 0 Å². The van der Waals surface area contributed by atoms with Crippen LogP contribution in [0.1, 0.15) is 24.5 Å². The maximum absolute atomic E-state index is 11.9. The summed E-state index contributed by atoms with van der Waals surface area (Å²) in [6.45, 7) is 2.39. The molecule has 0 atom stereocenters. The predicted octanol–water partition coefficient (Wildman–Crippen LogP) is 1.98. The van der Waals surface area contributed by atoms with Gasteiger partial charge in [-0.05, 0) is 30.7 Å². The third kappa shape index (κ3) is 5.91. The minimum absolute atomic E-state index is 0.174. The van der Waals surface area contributed by atoms with Gasteiger partial charge in [-0.1, -0.05) is 12.1 Å². The average Bonchev–Trinajstić information content (AvgIpc) is 2.50. The fourth-order valence-corrected chi connectivity index (χ4v) is 1.61. The van der Waals surface area contributed by atoms with E-state index in [1.165, 1.54) is 11.0 Å². The molecule has 5 nitrogen and oxygen atoms in total. The van der Waals surface area contributed by atoms with Crippen molar-refractivity contribution >= 4 is 18.0 Å². The highest BCUT2D eigenvalue weighted by atomic mass is 16.5. The summed E-state index contributed by atoms with van der Waals surface area (Å²) < 4.78 is 4.80. The van der Waals surface area contributed by atoms with Crippen LogP contribution in [-0.4, -0.2) is 37.0 Å². The Morgan fingerprint density at radius 2 is 2.19 bits per heavy atom. The molecular weight excluding hydrogens is 268 g/mol. The lowest BCUT2D eigenvalue weighted by molar-refractivity contribution is -0.143. The molecule has 0 aliphatic heterocycles. The van der Waals surface area contributed by atoms with Gasteiger partial charge in [-0.25, -0.2) is 0 Å². The van der Waals surface area contributed by atoms with Crippen LogP contribution in [0.3, 0.4) is 0 Å². The molecule has 0 spiro atoms. The Balaban J connectivity index is 2.53. The molecule has 0 saturated heterocycles. The molecule has 1 aromatic rings. The van der Waals surface area contributed by atoms with Crippen LogP contribution >= 0.6 is 0 Å². The van der Waals surface area contributed by atoms with E-state index in [0.29, 0.717) is 18.7 Å². The zero-order valence-electron chi connectivity index (χ0n) is 12.2. The number of nitrogens with zero attached hydrogens (tertiary/aromatic N) is 2. The number of nitriles is 1. The highest BCUT2D eigenvalue weighted by molar-refractivity contribution is 5.91. The summed E-state index contributed by atoms with van der Waals surface area (Å²) in [6.07, 6.45) is 3.24. The summed E-state index contributed by atoms with van der Waals surface area (Å²) >= 11 is 0. The van der Waals surface area contributed by atoms with E-state index in [1.807, 2.05) is 12.1 Å². The first-order valence-corrected chi connectivity index (χ1v) is 6.65. The fourth-order valence-electron chi connectivity index (χ4n) is 1.61. The third-order valence-corrected chi connectivity index (χ3v) is 2.77. The van der Waals surface area contributed by atoms with Gasteiger partial charge in [0.2, 0.25) is 5.91 Å². The van der Waals surface area contributed by atoms with Gasteiger partial charge >= 0.3 is 5.97 Å². The standard InChI is InChI=1S/C16H18N2O3/c1-3-21-16(20)9-10-18(2)15(19)8-7-13-5-4-6-14(11-13)12-17/h4-8,11H,3,9-10H2,1-2H3. The van der Waals surface area contributed by atoms with Crippen molar-refractivity contribution in [2.24, 2.45) is 0 Å². The normalized spacial score (nSPS) is 10.1. The van der Waals surface area contributed by atoms with Crippen LogP contribution in [0.2, 0.25) is 0 Å². The molecule has 21 heavy (non-hydrogen) atoms. The minimum Gasteiger partial charge on any atom is -0.466 e. The van der Waals surface area contributed by atoms with E-state index >= 15 is 0 Å². The molecule has 0 N–H and O–H groups in total. The van der Waals surface area contributed by atoms with Crippen molar-refractivity contribution in [1.29, 1.82) is 5.26 Å². The van der Waals surface area contributed by atoms with Crippen LogP contribution in [0.15, 0.2) is 30.3 Å². The highest BCUT2D eigenvalue weighted by Crippen LogP contribution is 2.06. The van der Waals surface area contributed by atoms with E-state index in [4.69, 9.17) is 10.00 Å². The molecule has 0 unspecified atom stereocenters. The van der Waals surface area contributed by atoms with E-state index in [1.54, 1.807) is 38.2 Å². The molecule has 1 rings (SSSR count). The number of benzene rings is 1. The molecule has 5 heteroatoms. The number of carbonyl (C=O) groups is 2. The SMILES string of the molecule is CCOC(=O)CCN(C)C(=O)C=Cc1cccc(C#N)c1. The summed E-state index contributed by atoms with van der Waals surface area (Å²) in [4.78, 5) is 24.5. The smallest absolute Gasteiger partial charge is 0.307 e. The number of likely N-dealkylation sites (N-methyl/N-ethyl adjacent to an activating group) is 1. The molecule has 0 aromatic heterocycles. The van der Waals surface area contributed by atoms with Gasteiger partial charge in [-0.2, -0.15) is 5.26 Å². The van der Waals surface area contributed by atoms with E-state index in [9.17, 15) is 9.59 Å². The lowest BCUT2D eigenvalue weighted by atomic mass is 10.1. The van der Waals surface area contributed by atoms with Gasteiger partial charge in [-0.15, -0.1) is 0 Å². The second-order valence-corrected chi connectivity index (χ2v) is 4.39. The van der Waals surface area contributed by atoms with Crippen molar-refractivity contribution in [3.63, 3.8) is 0 Å².